The number of rotatable bonds is 7. The van der Waals surface area contributed by atoms with Crippen LogP contribution >= 0.6 is 11.8 Å². The van der Waals surface area contributed by atoms with Gasteiger partial charge in [-0.1, -0.05) is 17.3 Å². The minimum absolute atomic E-state index is 0.0336. The number of anilines is 1. The van der Waals surface area contributed by atoms with E-state index < -0.39 is 0 Å². The van der Waals surface area contributed by atoms with E-state index in [2.05, 4.69) is 10.5 Å². The average molecular weight is 358 g/mol. The van der Waals surface area contributed by atoms with E-state index in [0.717, 1.165) is 21.2 Å². The highest BCUT2D eigenvalue weighted by Crippen LogP contribution is 2.24. The van der Waals surface area contributed by atoms with Gasteiger partial charge in [0.2, 0.25) is 5.76 Å². The Kier molecular flexibility index (Phi) is 5.57. The Balaban J connectivity index is 1.55. The fourth-order valence-electron chi connectivity index (χ4n) is 2.52. The Morgan fingerprint density at radius 2 is 2.08 bits per heavy atom. The summed E-state index contributed by atoms with van der Waals surface area (Å²) in [6.45, 7) is 0.924. The molecule has 25 heavy (non-hydrogen) atoms. The van der Waals surface area contributed by atoms with Gasteiger partial charge in [-0.25, -0.2) is 0 Å². The van der Waals surface area contributed by atoms with E-state index >= 15 is 0 Å². The molecular weight excluding hydrogens is 338 g/mol. The lowest BCUT2D eigenvalue weighted by atomic mass is 10.3. The van der Waals surface area contributed by atoms with Gasteiger partial charge in [0, 0.05) is 11.0 Å². The second-order valence-corrected chi connectivity index (χ2v) is 6.57. The van der Waals surface area contributed by atoms with Gasteiger partial charge in [0.15, 0.2) is 12.3 Å². The lowest BCUT2D eigenvalue weighted by molar-refractivity contribution is -0.885. The highest BCUT2D eigenvalue weighted by Gasteiger charge is 2.16. The second-order valence-electron chi connectivity index (χ2n) is 5.72. The Morgan fingerprint density at radius 1 is 1.24 bits per heavy atom. The predicted molar refractivity (Wildman–Crippen MR) is 96.5 cm³/mol. The van der Waals surface area contributed by atoms with Crippen LogP contribution in [0.5, 0.6) is 0 Å². The first-order valence-corrected chi connectivity index (χ1v) is 9.12. The molecule has 0 saturated heterocycles. The summed E-state index contributed by atoms with van der Waals surface area (Å²) in [6.07, 6.45) is 3.58. The molecule has 2 heterocycles. The van der Waals surface area contributed by atoms with Crippen molar-refractivity contribution in [2.45, 2.75) is 11.4 Å². The number of benzene rings is 1. The largest absolute Gasteiger partial charge is 0.461 e. The summed E-state index contributed by atoms with van der Waals surface area (Å²) in [5.74, 6) is 1.20. The number of carbonyl (C=O) groups excluding carboxylic acids is 1. The maximum Gasteiger partial charge on any atom is 0.279 e. The maximum absolute atomic E-state index is 12.3. The molecule has 7 heteroatoms. The number of likely N-dealkylation sites (N-methyl/N-ethyl adjacent to an activating group) is 1. The molecule has 1 atom stereocenters. The highest BCUT2D eigenvalue weighted by atomic mass is 32.2. The molecule has 0 spiro atoms. The van der Waals surface area contributed by atoms with Gasteiger partial charge in [-0.3, -0.25) is 4.79 Å². The molecule has 130 valence electrons. The van der Waals surface area contributed by atoms with Crippen LogP contribution in [-0.4, -0.2) is 30.9 Å². The van der Waals surface area contributed by atoms with E-state index in [-0.39, 0.29) is 5.91 Å². The lowest BCUT2D eigenvalue weighted by Crippen LogP contribution is -3.08. The zero-order valence-electron chi connectivity index (χ0n) is 14.1. The predicted octanol–water partition coefficient (Wildman–Crippen LogP) is 2.31. The number of nitrogens with zero attached hydrogens (tertiary/aromatic N) is 1. The number of hydrogen-bond donors (Lipinski definition) is 2. The molecule has 0 aliphatic carbocycles. The van der Waals surface area contributed by atoms with Gasteiger partial charge in [-0.05, 0) is 30.5 Å². The van der Waals surface area contributed by atoms with Crippen molar-refractivity contribution in [3.8, 4) is 11.5 Å². The molecule has 1 amide bonds. The highest BCUT2D eigenvalue weighted by molar-refractivity contribution is 7.98. The van der Waals surface area contributed by atoms with E-state index in [1.807, 2.05) is 49.7 Å². The first-order valence-electron chi connectivity index (χ1n) is 7.89. The number of aromatic nitrogens is 1. The summed E-state index contributed by atoms with van der Waals surface area (Å²) in [7, 11) is 1.95. The van der Waals surface area contributed by atoms with Gasteiger partial charge in [0.25, 0.3) is 5.91 Å². The van der Waals surface area contributed by atoms with Gasteiger partial charge in [0.1, 0.15) is 12.2 Å². The third-order valence-corrected chi connectivity index (χ3v) is 4.45. The first-order chi connectivity index (χ1) is 12.2. The molecule has 0 fully saturated rings. The number of furan rings is 1. The quantitative estimate of drug-likeness (QED) is 0.634. The number of hydrogen-bond acceptors (Lipinski definition) is 5. The summed E-state index contributed by atoms with van der Waals surface area (Å²) < 4.78 is 10.6. The molecule has 0 saturated carbocycles. The van der Waals surface area contributed by atoms with Crippen LogP contribution in [0.4, 0.5) is 5.69 Å². The van der Waals surface area contributed by atoms with Crippen molar-refractivity contribution in [2.75, 3.05) is 25.2 Å². The standard InChI is InChI=1S/C18H19N3O3S/c1-21(11-13-10-16(24-20-13)15-7-5-9-23-15)12-18(22)19-14-6-3-4-8-17(14)25-2/h3-10H,11-12H2,1-2H3,(H,19,22)/p+1. The summed E-state index contributed by atoms with van der Waals surface area (Å²) >= 11 is 1.61. The SMILES string of the molecule is CSc1ccccc1NC(=O)C[NH+](C)Cc1cc(-c2ccco2)on1. The van der Waals surface area contributed by atoms with Crippen LogP contribution < -0.4 is 10.2 Å². The minimum Gasteiger partial charge on any atom is -0.461 e. The Morgan fingerprint density at radius 3 is 2.84 bits per heavy atom. The number of para-hydroxylation sites is 1. The number of amides is 1. The molecule has 2 aromatic heterocycles. The van der Waals surface area contributed by atoms with Crippen LogP contribution in [0.3, 0.4) is 0 Å². The smallest absolute Gasteiger partial charge is 0.279 e. The summed E-state index contributed by atoms with van der Waals surface area (Å²) in [4.78, 5) is 14.3. The molecule has 0 aliphatic rings. The zero-order chi connectivity index (χ0) is 17.6. The van der Waals surface area contributed by atoms with E-state index in [0.29, 0.717) is 24.6 Å². The third kappa shape index (κ3) is 4.52. The van der Waals surface area contributed by atoms with Crippen molar-refractivity contribution in [3.63, 3.8) is 0 Å². The van der Waals surface area contributed by atoms with Crippen LogP contribution in [0.1, 0.15) is 5.69 Å². The van der Waals surface area contributed by atoms with Crippen molar-refractivity contribution in [2.24, 2.45) is 0 Å². The molecule has 3 rings (SSSR count). The van der Waals surface area contributed by atoms with Crippen LogP contribution in [0, 0.1) is 0 Å². The average Bonchev–Trinajstić information content (AvgIpc) is 3.26. The van der Waals surface area contributed by atoms with Gasteiger partial charge < -0.3 is 19.2 Å². The fraction of sp³-hybridized carbons (Fsp3) is 0.222. The van der Waals surface area contributed by atoms with E-state index in [1.54, 1.807) is 24.1 Å². The molecule has 3 aromatic rings. The van der Waals surface area contributed by atoms with Gasteiger partial charge in [-0.2, -0.15) is 0 Å². The summed E-state index contributed by atoms with van der Waals surface area (Å²) in [5, 5.41) is 7.01. The minimum atomic E-state index is -0.0336. The van der Waals surface area contributed by atoms with Crippen molar-refractivity contribution in [3.05, 3.63) is 54.4 Å². The normalized spacial score (nSPS) is 12.1. The molecule has 1 aromatic carbocycles. The van der Waals surface area contributed by atoms with E-state index in [4.69, 9.17) is 8.94 Å². The van der Waals surface area contributed by atoms with E-state index in [1.165, 1.54) is 0 Å². The summed E-state index contributed by atoms with van der Waals surface area (Å²) in [6, 6.07) is 13.2. The monoisotopic (exact) mass is 358 g/mol. The van der Waals surface area contributed by atoms with Crippen LogP contribution in [0.25, 0.3) is 11.5 Å². The Bertz CT molecular complexity index is 830. The number of carbonyl (C=O) groups is 1. The Hall–Kier alpha value is -2.51. The molecule has 0 radical (unpaired) electrons. The molecule has 6 nitrogen and oxygen atoms in total. The van der Waals surface area contributed by atoms with Crippen LogP contribution in [0.2, 0.25) is 0 Å². The number of quaternary nitrogens is 1. The maximum atomic E-state index is 12.3. The topological polar surface area (TPSA) is 72.7 Å². The van der Waals surface area contributed by atoms with Gasteiger partial charge in [0.05, 0.1) is 19.0 Å². The molecule has 2 N–H and O–H groups in total. The van der Waals surface area contributed by atoms with Crippen molar-refractivity contribution >= 4 is 23.4 Å². The first kappa shape index (κ1) is 17.3. The third-order valence-electron chi connectivity index (χ3n) is 3.65. The second kappa shape index (κ2) is 8.04. The van der Waals surface area contributed by atoms with Crippen molar-refractivity contribution in [1.29, 1.82) is 0 Å². The fourth-order valence-corrected chi connectivity index (χ4v) is 3.07. The van der Waals surface area contributed by atoms with Crippen molar-refractivity contribution in [1.82, 2.24) is 5.16 Å². The number of nitrogens with one attached hydrogen (secondary N) is 2. The van der Waals surface area contributed by atoms with Gasteiger partial charge >= 0.3 is 0 Å². The molecule has 1 unspecified atom stereocenters. The number of thioether (sulfide) groups is 1. The molecule has 0 aliphatic heterocycles. The van der Waals surface area contributed by atoms with Gasteiger partial charge in [-0.15, -0.1) is 11.8 Å². The van der Waals surface area contributed by atoms with Crippen molar-refractivity contribution < 1.29 is 18.6 Å². The summed E-state index contributed by atoms with van der Waals surface area (Å²) in [5.41, 5.74) is 1.62. The molecule has 0 bridgehead atoms. The van der Waals surface area contributed by atoms with E-state index in [9.17, 15) is 4.79 Å². The van der Waals surface area contributed by atoms with Crippen LogP contribution in [-0.2, 0) is 11.3 Å². The molecular formula is C18H20N3O3S+. The zero-order valence-corrected chi connectivity index (χ0v) is 14.9. The lowest BCUT2D eigenvalue weighted by Gasteiger charge is -2.13. The van der Waals surface area contributed by atoms with Crippen LogP contribution in [0.15, 0.2) is 62.6 Å². The Labute approximate surface area is 150 Å².